The van der Waals surface area contributed by atoms with E-state index in [9.17, 15) is 4.79 Å². The Balaban J connectivity index is 1.90. The summed E-state index contributed by atoms with van der Waals surface area (Å²) < 4.78 is 15.7. The molecule has 1 N–H and O–H groups in total. The first-order valence-electron chi connectivity index (χ1n) is 8.21. The number of rotatable bonds is 8. The van der Waals surface area contributed by atoms with Crippen molar-refractivity contribution in [3.63, 3.8) is 0 Å². The zero-order valence-corrected chi connectivity index (χ0v) is 15.2. The van der Waals surface area contributed by atoms with E-state index in [4.69, 9.17) is 14.2 Å². The third kappa shape index (κ3) is 5.14. The van der Waals surface area contributed by atoms with E-state index in [1.165, 1.54) is 0 Å². The predicted molar refractivity (Wildman–Crippen MR) is 97.4 cm³/mol. The smallest absolute Gasteiger partial charge is 0.220 e. The lowest BCUT2D eigenvalue weighted by molar-refractivity contribution is -0.121. The zero-order valence-electron chi connectivity index (χ0n) is 15.2. The molecular formula is C20H25NO4. The first-order chi connectivity index (χ1) is 12.1. The Morgan fingerprint density at radius 2 is 1.64 bits per heavy atom. The van der Waals surface area contributed by atoms with Crippen molar-refractivity contribution in [1.82, 2.24) is 5.32 Å². The van der Waals surface area contributed by atoms with Crippen molar-refractivity contribution < 1.29 is 19.0 Å². The van der Waals surface area contributed by atoms with Gasteiger partial charge in [-0.15, -0.1) is 0 Å². The molecule has 0 saturated heterocycles. The van der Waals surface area contributed by atoms with Gasteiger partial charge in [0.05, 0.1) is 27.4 Å². The molecule has 2 aromatic rings. The second-order valence-corrected chi connectivity index (χ2v) is 5.75. The fourth-order valence-electron chi connectivity index (χ4n) is 2.57. The molecular weight excluding hydrogens is 318 g/mol. The van der Waals surface area contributed by atoms with Crippen molar-refractivity contribution in [2.24, 2.45) is 0 Å². The van der Waals surface area contributed by atoms with E-state index in [0.717, 1.165) is 16.9 Å². The normalized spacial score (nSPS) is 11.5. The summed E-state index contributed by atoms with van der Waals surface area (Å²) in [5, 5.41) is 3.02. The van der Waals surface area contributed by atoms with Crippen molar-refractivity contribution in [2.45, 2.75) is 25.8 Å². The first-order valence-corrected chi connectivity index (χ1v) is 8.21. The van der Waals surface area contributed by atoms with Crippen LogP contribution >= 0.6 is 0 Å². The van der Waals surface area contributed by atoms with Crippen molar-refractivity contribution in [1.29, 1.82) is 0 Å². The number of amides is 1. The zero-order chi connectivity index (χ0) is 18.2. The second-order valence-electron chi connectivity index (χ2n) is 5.75. The van der Waals surface area contributed by atoms with Crippen molar-refractivity contribution in [3.05, 3.63) is 53.6 Å². The molecule has 0 saturated carbocycles. The van der Waals surface area contributed by atoms with Crippen LogP contribution in [0.3, 0.4) is 0 Å². The van der Waals surface area contributed by atoms with Gasteiger partial charge < -0.3 is 19.5 Å². The average Bonchev–Trinajstić information content (AvgIpc) is 2.66. The van der Waals surface area contributed by atoms with Gasteiger partial charge >= 0.3 is 0 Å². The van der Waals surface area contributed by atoms with E-state index in [1.807, 2.05) is 49.4 Å². The summed E-state index contributed by atoms with van der Waals surface area (Å²) in [5.74, 6) is 2.15. The van der Waals surface area contributed by atoms with Crippen molar-refractivity contribution in [3.8, 4) is 17.2 Å². The van der Waals surface area contributed by atoms with Gasteiger partial charge in [0.25, 0.3) is 0 Å². The Morgan fingerprint density at radius 1 is 0.960 bits per heavy atom. The van der Waals surface area contributed by atoms with Gasteiger partial charge in [0.1, 0.15) is 5.75 Å². The van der Waals surface area contributed by atoms with Crippen LogP contribution in [0, 0.1) is 0 Å². The van der Waals surface area contributed by atoms with Crippen LogP contribution in [-0.2, 0) is 11.2 Å². The van der Waals surface area contributed by atoms with Gasteiger partial charge in [-0.05, 0) is 48.7 Å². The highest BCUT2D eigenvalue weighted by Crippen LogP contribution is 2.29. The molecule has 0 aliphatic heterocycles. The number of hydrogen-bond donors (Lipinski definition) is 1. The molecule has 0 aliphatic carbocycles. The molecule has 1 atom stereocenters. The van der Waals surface area contributed by atoms with Crippen LogP contribution in [0.5, 0.6) is 17.2 Å². The summed E-state index contributed by atoms with van der Waals surface area (Å²) in [6, 6.07) is 13.3. The minimum absolute atomic E-state index is 0.0121. The summed E-state index contributed by atoms with van der Waals surface area (Å²) in [6.07, 6.45) is 1.12. The maximum Gasteiger partial charge on any atom is 0.220 e. The molecule has 5 heteroatoms. The molecule has 1 amide bonds. The van der Waals surface area contributed by atoms with E-state index in [1.54, 1.807) is 21.3 Å². The fraction of sp³-hybridized carbons (Fsp3) is 0.350. The lowest BCUT2D eigenvalue weighted by atomic mass is 10.1. The van der Waals surface area contributed by atoms with E-state index >= 15 is 0 Å². The van der Waals surface area contributed by atoms with Gasteiger partial charge in [0.2, 0.25) is 5.91 Å². The predicted octanol–water partition coefficient (Wildman–Crippen LogP) is 3.52. The Morgan fingerprint density at radius 3 is 2.24 bits per heavy atom. The number of methoxy groups -OCH3 is 3. The van der Waals surface area contributed by atoms with E-state index in [-0.39, 0.29) is 11.9 Å². The monoisotopic (exact) mass is 343 g/mol. The molecule has 0 bridgehead atoms. The number of nitrogens with one attached hydrogen (secondary N) is 1. The number of aryl methyl sites for hydroxylation is 1. The molecule has 0 fully saturated rings. The Bertz CT molecular complexity index is 697. The summed E-state index contributed by atoms with van der Waals surface area (Å²) in [6.45, 7) is 1.95. The molecule has 0 radical (unpaired) electrons. The highest BCUT2D eigenvalue weighted by Gasteiger charge is 2.12. The van der Waals surface area contributed by atoms with Crippen LogP contribution in [0.4, 0.5) is 0 Å². The number of benzene rings is 2. The number of hydrogen-bond acceptors (Lipinski definition) is 4. The van der Waals surface area contributed by atoms with Crippen LogP contribution in [0.25, 0.3) is 0 Å². The van der Waals surface area contributed by atoms with Crippen LogP contribution in [0.1, 0.15) is 30.5 Å². The highest BCUT2D eigenvalue weighted by molar-refractivity contribution is 5.76. The lowest BCUT2D eigenvalue weighted by Crippen LogP contribution is -2.26. The van der Waals surface area contributed by atoms with Crippen LogP contribution < -0.4 is 19.5 Å². The van der Waals surface area contributed by atoms with Gasteiger partial charge in [-0.3, -0.25) is 4.79 Å². The summed E-state index contributed by atoms with van der Waals surface area (Å²) in [4.78, 5) is 12.2. The number of carbonyl (C=O) groups excluding carboxylic acids is 1. The van der Waals surface area contributed by atoms with Crippen LogP contribution in [0.15, 0.2) is 42.5 Å². The van der Waals surface area contributed by atoms with Crippen LogP contribution in [0.2, 0.25) is 0 Å². The second kappa shape index (κ2) is 8.97. The van der Waals surface area contributed by atoms with E-state index < -0.39 is 0 Å². The highest BCUT2D eigenvalue weighted by atomic mass is 16.5. The molecule has 0 heterocycles. The van der Waals surface area contributed by atoms with Crippen molar-refractivity contribution >= 4 is 5.91 Å². The largest absolute Gasteiger partial charge is 0.497 e. The molecule has 5 nitrogen and oxygen atoms in total. The molecule has 25 heavy (non-hydrogen) atoms. The SMILES string of the molecule is COc1ccc(CCC(=O)N[C@@H](C)c2ccc(OC)c(OC)c2)cc1. The molecule has 2 rings (SSSR count). The molecule has 0 aromatic heterocycles. The van der Waals surface area contributed by atoms with Crippen molar-refractivity contribution in [2.75, 3.05) is 21.3 Å². The number of ether oxygens (including phenoxy) is 3. The minimum Gasteiger partial charge on any atom is -0.497 e. The van der Waals surface area contributed by atoms with Gasteiger partial charge in [-0.25, -0.2) is 0 Å². The van der Waals surface area contributed by atoms with Gasteiger partial charge in [0.15, 0.2) is 11.5 Å². The Hall–Kier alpha value is -2.69. The quantitative estimate of drug-likeness (QED) is 0.797. The molecule has 2 aromatic carbocycles. The van der Waals surface area contributed by atoms with Gasteiger partial charge in [-0.2, -0.15) is 0 Å². The summed E-state index contributed by atoms with van der Waals surface area (Å²) in [7, 11) is 4.83. The maximum atomic E-state index is 12.2. The standard InChI is InChI=1S/C20H25NO4/c1-14(16-8-11-18(24-3)19(13-16)25-4)21-20(22)12-7-15-5-9-17(23-2)10-6-15/h5-6,8-11,13-14H,7,12H2,1-4H3,(H,21,22)/t14-/m0/s1. The third-order valence-corrected chi connectivity index (χ3v) is 4.08. The fourth-order valence-corrected chi connectivity index (χ4v) is 2.57. The average molecular weight is 343 g/mol. The summed E-state index contributed by atoms with van der Waals surface area (Å²) in [5.41, 5.74) is 2.07. The molecule has 0 aliphatic rings. The maximum absolute atomic E-state index is 12.2. The summed E-state index contributed by atoms with van der Waals surface area (Å²) >= 11 is 0. The van der Waals surface area contributed by atoms with E-state index in [0.29, 0.717) is 24.3 Å². The lowest BCUT2D eigenvalue weighted by Gasteiger charge is -2.16. The van der Waals surface area contributed by atoms with E-state index in [2.05, 4.69) is 5.32 Å². The van der Waals surface area contributed by atoms with Gasteiger partial charge in [-0.1, -0.05) is 18.2 Å². The third-order valence-electron chi connectivity index (χ3n) is 4.08. The van der Waals surface area contributed by atoms with Crippen LogP contribution in [-0.4, -0.2) is 27.2 Å². The Labute approximate surface area is 148 Å². The first kappa shape index (κ1) is 18.6. The molecule has 0 spiro atoms. The molecule has 134 valence electrons. The van der Waals surface area contributed by atoms with Gasteiger partial charge in [0, 0.05) is 6.42 Å². The Kier molecular flexibility index (Phi) is 6.69. The topological polar surface area (TPSA) is 56.8 Å². The molecule has 0 unspecified atom stereocenters. The minimum atomic E-state index is -0.108. The number of carbonyl (C=O) groups is 1.